The number of hydrogen-bond acceptors (Lipinski definition) is 5. The molecule has 5 N–H and O–H groups in total. The van der Waals surface area contributed by atoms with E-state index in [1.807, 2.05) is 12.1 Å². The molecule has 0 saturated heterocycles. The summed E-state index contributed by atoms with van der Waals surface area (Å²) in [6.45, 7) is 4.69. The molecule has 0 aliphatic rings. The standard InChI is InChI=1S/C12H22N4O/c1-3-9(4-2)10(17)8-14-11-6-5-7-12(15-11)16-13/h5-7,9-10,17H,3-4,8,13H2,1-2H3,(H2,14,15,16). The van der Waals surface area contributed by atoms with Crippen LogP contribution in [0.3, 0.4) is 0 Å². The molecule has 1 aromatic heterocycles. The Balaban J connectivity index is 2.49. The summed E-state index contributed by atoms with van der Waals surface area (Å²) in [6, 6.07) is 5.48. The number of aliphatic hydroxyl groups is 1. The molecular weight excluding hydrogens is 216 g/mol. The second-order valence-corrected chi connectivity index (χ2v) is 4.08. The Morgan fingerprint density at radius 2 is 1.94 bits per heavy atom. The molecule has 1 heterocycles. The second kappa shape index (κ2) is 7.09. The third-order valence-electron chi connectivity index (χ3n) is 2.98. The molecule has 0 aromatic carbocycles. The van der Waals surface area contributed by atoms with E-state index in [0.29, 0.717) is 24.1 Å². The first-order valence-electron chi connectivity index (χ1n) is 6.06. The van der Waals surface area contributed by atoms with Crippen molar-refractivity contribution in [3.05, 3.63) is 18.2 Å². The van der Waals surface area contributed by atoms with Crippen molar-refractivity contribution in [1.82, 2.24) is 4.98 Å². The third-order valence-corrected chi connectivity index (χ3v) is 2.98. The summed E-state index contributed by atoms with van der Waals surface area (Å²) < 4.78 is 0. The number of hydrogen-bond donors (Lipinski definition) is 4. The molecule has 5 heteroatoms. The first kappa shape index (κ1) is 13.7. The highest BCUT2D eigenvalue weighted by Gasteiger charge is 2.14. The van der Waals surface area contributed by atoms with Gasteiger partial charge in [-0.25, -0.2) is 10.8 Å². The highest BCUT2D eigenvalue weighted by molar-refractivity contribution is 5.44. The number of nitrogen functional groups attached to an aromatic ring is 1. The second-order valence-electron chi connectivity index (χ2n) is 4.08. The fraction of sp³-hybridized carbons (Fsp3) is 0.583. The van der Waals surface area contributed by atoms with E-state index in [1.165, 1.54) is 0 Å². The highest BCUT2D eigenvalue weighted by Crippen LogP contribution is 2.14. The summed E-state index contributed by atoms with van der Waals surface area (Å²) in [7, 11) is 0. The van der Waals surface area contributed by atoms with E-state index in [2.05, 4.69) is 29.6 Å². The normalized spacial score (nSPS) is 12.5. The Morgan fingerprint density at radius 3 is 2.53 bits per heavy atom. The predicted molar refractivity (Wildman–Crippen MR) is 70.6 cm³/mol. The maximum Gasteiger partial charge on any atom is 0.142 e. The molecule has 1 unspecified atom stereocenters. The van der Waals surface area contributed by atoms with Gasteiger partial charge in [-0.3, -0.25) is 0 Å². The first-order valence-corrected chi connectivity index (χ1v) is 6.06. The largest absolute Gasteiger partial charge is 0.391 e. The highest BCUT2D eigenvalue weighted by atomic mass is 16.3. The molecule has 0 bridgehead atoms. The van der Waals surface area contributed by atoms with Gasteiger partial charge in [-0.15, -0.1) is 0 Å². The monoisotopic (exact) mass is 238 g/mol. The van der Waals surface area contributed by atoms with Gasteiger partial charge in [0.15, 0.2) is 0 Å². The minimum Gasteiger partial charge on any atom is -0.391 e. The lowest BCUT2D eigenvalue weighted by atomic mass is 9.97. The van der Waals surface area contributed by atoms with E-state index in [4.69, 9.17) is 5.84 Å². The van der Waals surface area contributed by atoms with Gasteiger partial charge in [0.05, 0.1) is 6.10 Å². The van der Waals surface area contributed by atoms with Crippen LogP contribution >= 0.6 is 0 Å². The van der Waals surface area contributed by atoms with Crippen LogP contribution in [0.15, 0.2) is 18.2 Å². The fourth-order valence-corrected chi connectivity index (χ4v) is 1.82. The number of aliphatic hydroxyl groups excluding tert-OH is 1. The molecule has 17 heavy (non-hydrogen) atoms. The van der Waals surface area contributed by atoms with Crippen LogP contribution in [0.1, 0.15) is 26.7 Å². The van der Waals surface area contributed by atoms with Gasteiger partial charge < -0.3 is 15.8 Å². The van der Waals surface area contributed by atoms with Gasteiger partial charge in [0.25, 0.3) is 0 Å². The van der Waals surface area contributed by atoms with Crippen molar-refractivity contribution in [2.75, 3.05) is 17.3 Å². The number of nitrogens with two attached hydrogens (primary N) is 1. The van der Waals surface area contributed by atoms with E-state index in [-0.39, 0.29) is 6.10 Å². The summed E-state index contributed by atoms with van der Waals surface area (Å²) in [4.78, 5) is 4.22. The van der Waals surface area contributed by atoms with E-state index in [1.54, 1.807) is 6.07 Å². The van der Waals surface area contributed by atoms with E-state index < -0.39 is 0 Å². The summed E-state index contributed by atoms with van der Waals surface area (Å²) in [5.74, 6) is 6.93. The lowest BCUT2D eigenvalue weighted by molar-refractivity contribution is 0.114. The molecule has 0 amide bonds. The third kappa shape index (κ3) is 4.20. The molecule has 1 rings (SSSR count). The summed E-state index contributed by atoms with van der Waals surface area (Å²) in [5.41, 5.74) is 2.49. The Bertz CT molecular complexity index is 328. The van der Waals surface area contributed by atoms with Crippen molar-refractivity contribution >= 4 is 11.6 Å². The van der Waals surface area contributed by atoms with Gasteiger partial charge >= 0.3 is 0 Å². The molecule has 1 aromatic rings. The summed E-state index contributed by atoms with van der Waals surface area (Å²) in [5, 5.41) is 13.1. The van der Waals surface area contributed by atoms with Gasteiger partial charge in [-0.05, 0) is 18.1 Å². The number of nitrogens with one attached hydrogen (secondary N) is 2. The van der Waals surface area contributed by atoms with Crippen LogP contribution < -0.4 is 16.6 Å². The molecule has 96 valence electrons. The number of hydrazine groups is 1. The maximum atomic E-state index is 9.97. The minimum atomic E-state index is -0.346. The smallest absolute Gasteiger partial charge is 0.142 e. The molecular formula is C12H22N4O. The average Bonchev–Trinajstić information content (AvgIpc) is 2.38. The Hall–Kier alpha value is -1.33. The van der Waals surface area contributed by atoms with Crippen LogP contribution in [-0.4, -0.2) is 22.7 Å². The molecule has 0 aliphatic carbocycles. The van der Waals surface area contributed by atoms with Crippen molar-refractivity contribution in [2.45, 2.75) is 32.8 Å². The quantitative estimate of drug-likeness (QED) is 0.428. The zero-order valence-corrected chi connectivity index (χ0v) is 10.5. The van der Waals surface area contributed by atoms with Gasteiger partial charge in [-0.2, -0.15) is 0 Å². The maximum absolute atomic E-state index is 9.97. The van der Waals surface area contributed by atoms with Crippen LogP contribution in [0.25, 0.3) is 0 Å². The van der Waals surface area contributed by atoms with Crippen molar-refractivity contribution in [3.63, 3.8) is 0 Å². The van der Waals surface area contributed by atoms with Gasteiger partial charge in [-0.1, -0.05) is 32.8 Å². The lowest BCUT2D eigenvalue weighted by Gasteiger charge is -2.20. The Kier molecular flexibility index (Phi) is 5.72. The molecule has 5 nitrogen and oxygen atoms in total. The molecule has 0 radical (unpaired) electrons. The topological polar surface area (TPSA) is 83.2 Å². The van der Waals surface area contributed by atoms with Crippen LogP contribution in [0, 0.1) is 5.92 Å². The van der Waals surface area contributed by atoms with Crippen LogP contribution in [0.5, 0.6) is 0 Å². The Labute approximate surface area is 102 Å². The van der Waals surface area contributed by atoms with Gasteiger partial charge in [0.2, 0.25) is 0 Å². The molecule has 0 aliphatic heterocycles. The number of pyridine rings is 1. The van der Waals surface area contributed by atoms with Gasteiger partial charge in [0.1, 0.15) is 11.6 Å². The average molecular weight is 238 g/mol. The number of nitrogens with zero attached hydrogens (tertiary/aromatic N) is 1. The van der Waals surface area contributed by atoms with Gasteiger partial charge in [0, 0.05) is 6.54 Å². The van der Waals surface area contributed by atoms with Crippen molar-refractivity contribution < 1.29 is 5.11 Å². The number of rotatable bonds is 7. The van der Waals surface area contributed by atoms with Crippen LogP contribution in [0.4, 0.5) is 11.6 Å². The predicted octanol–water partition coefficient (Wildman–Crippen LogP) is 1.58. The molecule has 0 spiro atoms. The van der Waals surface area contributed by atoms with E-state index in [0.717, 1.165) is 12.8 Å². The molecule has 0 saturated carbocycles. The lowest BCUT2D eigenvalue weighted by Crippen LogP contribution is -2.28. The number of anilines is 2. The van der Waals surface area contributed by atoms with Crippen molar-refractivity contribution in [2.24, 2.45) is 11.8 Å². The fourth-order valence-electron chi connectivity index (χ4n) is 1.82. The first-order chi connectivity index (χ1) is 8.21. The zero-order chi connectivity index (χ0) is 12.7. The summed E-state index contributed by atoms with van der Waals surface area (Å²) >= 11 is 0. The minimum absolute atomic E-state index is 0.332. The molecule has 1 atom stereocenters. The number of aromatic nitrogens is 1. The van der Waals surface area contributed by atoms with E-state index >= 15 is 0 Å². The van der Waals surface area contributed by atoms with E-state index in [9.17, 15) is 5.11 Å². The zero-order valence-electron chi connectivity index (χ0n) is 10.5. The van der Waals surface area contributed by atoms with Crippen molar-refractivity contribution in [1.29, 1.82) is 0 Å². The van der Waals surface area contributed by atoms with Crippen molar-refractivity contribution in [3.8, 4) is 0 Å². The van der Waals surface area contributed by atoms with Crippen LogP contribution in [-0.2, 0) is 0 Å². The van der Waals surface area contributed by atoms with Crippen LogP contribution in [0.2, 0.25) is 0 Å². The SMILES string of the molecule is CCC(CC)C(O)CNc1cccc(NN)n1. The molecule has 0 fully saturated rings. The Morgan fingerprint density at radius 1 is 1.29 bits per heavy atom. The summed E-state index contributed by atoms with van der Waals surface area (Å²) in [6.07, 6.45) is 1.62.